The molecular weight excluding hydrogens is 230 g/mol. The van der Waals surface area contributed by atoms with Gasteiger partial charge in [-0.3, -0.25) is 4.79 Å². The first-order valence-corrected chi connectivity index (χ1v) is 6.36. The highest BCUT2D eigenvalue weighted by Crippen LogP contribution is 2.17. The minimum absolute atomic E-state index is 0.0200. The lowest BCUT2D eigenvalue weighted by Gasteiger charge is -2.10. The molecule has 1 aromatic carbocycles. The zero-order chi connectivity index (χ0) is 13.2. The standard InChI is InChI=1S/C14H21NO3/c1-2-3-9-15-14(17)11-18-13-7-5-4-6-12(13)8-10-16/h4-7,16H,2-3,8-11H2,1H3,(H,15,17). The molecule has 1 rings (SSSR count). The summed E-state index contributed by atoms with van der Waals surface area (Å²) in [7, 11) is 0. The van der Waals surface area contributed by atoms with Crippen LogP contribution in [0.4, 0.5) is 0 Å². The maximum Gasteiger partial charge on any atom is 0.257 e. The van der Waals surface area contributed by atoms with E-state index in [1.165, 1.54) is 0 Å². The Labute approximate surface area is 108 Å². The summed E-state index contributed by atoms with van der Waals surface area (Å²) in [5.74, 6) is 0.555. The molecule has 1 amide bonds. The molecule has 0 unspecified atom stereocenters. The van der Waals surface area contributed by atoms with Gasteiger partial charge >= 0.3 is 0 Å². The van der Waals surface area contributed by atoms with E-state index in [-0.39, 0.29) is 19.1 Å². The zero-order valence-corrected chi connectivity index (χ0v) is 10.8. The van der Waals surface area contributed by atoms with Gasteiger partial charge in [-0.15, -0.1) is 0 Å². The number of unbranched alkanes of at least 4 members (excludes halogenated alkanes) is 1. The third-order valence-corrected chi connectivity index (χ3v) is 2.57. The van der Waals surface area contributed by atoms with Gasteiger partial charge in [0.1, 0.15) is 5.75 Å². The SMILES string of the molecule is CCCCNC(=O)COc1ccccc1CCO. The van der Waals surface area contributed by atoms with E-state index >= 15 is 0 Å². The minimum atomic E-state index is -0.109. The summed E-state index contributed by atoms with van der Waals surface area (Å²) in [6.45, 7) is 2.86. The van der Waals surface area contributed by atoms with Crippen molar-refractivity contribution in [2.45, 2.75) is 26.2 Å². The molecule has 0 atom stereocenters. The van der Waals surface area contributed by atoms with Gasteiger partial charge in [-0.2, -0.15) is 0 Å². The summed E-state index contributed by atoms with van der Waals surface area (Å²) in [6, 6.07) is 7.44. The molecule has 0 bridgehead atoms. The lowest BCUT2D eigenvalue weighted by Crippen LogP contribution is -2.29. The summed E-state index contributed by atoms with van der Waals surface area (Å²) >= 11 is 0. The molecule has 0 aliphatic heterocycles. The summed E-state index contributed by atoms with van der Waals surface area (Å²) in [4.78, 5) is 11.5. The molecule has 0 saturated carbocycles. The number of hydrogen-bond donors (Lipinski definition) is 2. The largest absolute Gasteiger partial charge is 0.483 e. The molecule has 4 heteroatoms. The monoisotopic (exact) mass is 251 g/mol. The lowest BCUT2D eigenvalue weighted by molar-refractivity contribution is -0.123. The van der Waals surface area contributed by atoms with Gasteiger partial charge < -0.3 is 15.2 Å². The Balaban J connectivity index is 2.40. The van der Waals surface area contributed by atoms with Crippen LogP contribution in [0.3, 0.4) is 0 Å². The van der Waals surface area contributed by atoms with Crippen molar-refractivity contribution >= 4 is 5.91 Å². The second kappa shape index (κ2) is 8.53. The molecule has 4 nitrogen and oxygen atoms in total. The van der Waals surface area contributed by atoms with Crippen LogP contribution in [0.1, 0.15) is 25.3 Å². The van der Waals surface area contributed by atoms with Crippen molar-refractivity contribution in [1.82, 2.24) is 5.32 Å². The maximum atomic E-state index is 11.5. The fraction of sp³-hybridized carbons (Fsp3) is 0.500. The van der Waals surface area contributed by atoms with Crippen LogP contribution in [-0.2, 0) is 11.2 Å². The number of para-hydroxylation sites is 1. The Morgan fingerprint density at radius 3 is 2.89 bits per heavy atom. The predicted octanol–water partition coefficient (Wildman–Crippen LogP) is 1.52. The van der Waals surface area contributed by atoms with Crippen LogP contribution < -0.4 is 10.1 Å². The van der Waals surface area contributed by atoms with E-state index in [4.69, 9.17) is 9.84 Å². The second-order valence-electron chi connectivity index (χ2n) is 4.07. The number of ether oxygens (including phenoxy) is 1. The van der Waals surface area contributed by atoms with Crippen LogP contribution in [0.5, 0.6) is 5.75 Å². The van der Waals surface area contributed by atoms with E-state index in [0.29, 0.717) is 18.7 Å². The van der Waals surface area contributed by atoms with Crippen LogP contribution in [0.15, 0.2) is 24.3 Å². The molecule has 2 N–H and O–H groups in total. The molecule has 0 spiro atoms. The third-order valence-electron chi connectivity index (χ3n) is 2.57. The van der Waals surface area contributed by atoms with Crippen LogP contribution in [0.2, 0.25) is 0 Å². The Bertz CT molecular complexity index is 366. The van der Waals surface area contributed by atoms with Gasteiger partial charge in [0.05, 0.1) is 0 Å². The van der Waals surface area contributed by atoms with E-state index in [0.717, 1.165) is 18.4 Å². The summed E-state index contributed by atoms with van der Waals surface area (Å²) in [5, 5.41) is 11.7. The molecule has 0 saturated heterocycles. The van der Waals surface area contributed by atoms with Gasteiger partial charge in [-0.05, 0) is 24.5 Å². The Kier molecular flexibility index (Phi) is 6.87. The van der Waals surface area contributed by atoms with Crippen LogP contribution in [0, 0.1) is 0 Å². The highest BCUT2D eigenvalue weighted by atomic mass is 16.5. The molecule has 1 aromatic rings. The third kappa shape index (κ3) is 5.19. The number of rotatable bonds is 8. The van der Waals surface area contributed by atoms with E-state index in [2.05, 4.69) is 12.2 Å². The lowest BCUT2D eigenvalue weighted by atomic mass is 10.1. The summed E-state index contributed by atoms with van der Waals surface area (Å²) in [6.07, 6.45) is 2.57. The van der Waals surface area contributed by atoms with Gasteiger partial charge in [0.25, 0.3) is 5.91 Å². The van der Waals surface area contributed by atoms with Crippen molar-refractivity contribution in [3.8, 4) is 5.75 Å². The molecule has 0 aromatic heterocycles. The molecule has 0 heterocycles. The topological polar surface area (TPSA) is 58.6 Å². The second-order valence-corrected chi connectivity index (χ2v) is 4.07. The van der Waals surface area contributed by atoms with Gasteiger partial charge in [0.15, 0.2) is 6.61 Å². The smallest absolute Gasteiger partial charge is 0.257 e. The molecule has 0 aliphatic carbocycles. The van der Waals surface area contributed by atoms with E-state index in [1.807, 2.05) is 24.3 Å². The first kappa shape index (κ1) is 14.5. The number of carbonyl (C=O) groups excluding carboxylic acids is 1. The van der Waals surface area contributed by atoms with E-state index in [1.54, 1.807) is 0 Å². The fourth-order valence-corrected chi connectivity index (χ4v) is 1.57. The summed E-state index contributed by atoms with van der Waals surface area (Å²) in [5.41, 5.74) is 0.918. The number of amides is 1. The van der Waals surface area contributed by atoms with Crippen molar-refractivity contribution in [3.05, 3.63) is 29.8 Å². The number of aliphatic hydroxyl groups is 1. The Morgan fingerprint density at radius 2 is 2.17 bits per heavy atom. The molecule has 0 fully saturated rings. The van der Waals surface area contributed by atoms with Crippen molar-refractivity contribution in [1.29, 1.82) is 0 Å². The van der Waals surface area contributed by atoms with Gasteiger partial charge in [0.2, 0.25) is 0 Å². The highest BCUT2D eigenvalue weighted by Gasteiger charge is 2.05. The van der Waals surface area contributed by atoms with Crippen LogP contribution in [-0.4, -0.2) is 30.8 Å². The van der Waals surface area contributed by atoms with E-state index in [9.17, 15) is 4.79 Å². The normalized spacial score (nSPS) is 10.1. The average molecular weight is 251 g/mol. The first-order chi connectivity index (χ1) is 8.77. The first-order valence-electron chi connectivity index (χ1n) is 6.36. The van der Waals surface area contributed by atoms with Crippen molar-refractivity contribution in [2.24, 2.45) is 0 Å². The minimum Gasteiger partial charge on any atom is -0.483 e. The highest BCUT2D eigenvalue weighted by molar-refractivity contribution is 5.77. The Morgan fingerprint density at radius 1 is 1.39 bits per heavy atom. The quantitative estimate of drug-likeness (QED) is 0.689. The predicted molar refractivity (Wildman–Crippen MR) is 70.6 cm³/mol. The number of nitrogens with one attached hydrogen (secondary N) is 1. The molecule has 100 valence electrons. The number of hydrogen-bond acceptors (Lipinski definition) is 3. The molecule has 0 aliphatic rings. The number of carbonyl (C=O) groups is 1. The summed E-state index contributed by atoms with van der Waals surface area (Å²) < 4.78 is 5.46. The van der Waals surface area contributed by atoms with Gasteiger partial charge in [-0.1, -0.05) is 31.5 Å². The number of benzene rings is 1. The van der Waals surface area contributed by atoms with E-state index < -0.39 is 0 Å². The van der Waals surface area contributed by atoms with Crippen molar-refractivity contribution < 1.29 is 14.6 Å². The molecule has 18 heavy (non-hydrogen) atoms. The zero-order valence-electron chi connectivity index (χ0n) is 10.8. The van der Waals surface area contributed by atoms with Gasteiger partial charge in [-0.25, -0.2) is 0 Å². The molecular formula is C14H21NO3. The maximum absolute atomic E-state index is 11.5. The van der Waals surface area contributed by atoms with Crippen LogP contribution >= 0.6 is 0 Å². The van der Waals surface area contributed by atoms with Gasteiger partial charge in [0, 0.05) is 13.2 Å². The molecule has 0 radical (unpaired) electrons. The van der Waals surface area contributed by atoms with Crippen molar-refractivity contribution in [3.63, 3.8) is 0 Å². The van der Waals surface area contributed by atoms with Crippen LogP contribution in [0.25, 0.3) is 0 Å². The fourth-order valence-electron chi connectivity index (χ4n) is 1.57. The average Bonchev–Trinajstić information content (AvgIpc) is 2.38. The number of aliphatic hydroxyl groups excluding tert-OH is 1. The Hall–Kier alpha value is -1.55. The van der Waals surface area contributed by atoms with Crippen molar-refractivity contribution in [2.75, 3.05) is 19.8 Å².